The molecule has 19 heavy (non-hydrogen) atoms. The van der Waals surface area contributed by atoms with E-state index in [4.69, 9.17) is 5.11 Å². The first-order valence-electron chi connectivity index (χ1n) is 6.09. The highest BCUT2D eigenvalue weighted by Gasteiger charge is 2.17. The van der Waals surface area contributed by atoms with E-state index in [0.29, 0.717) is 5.69 Å². The van der Waals surface area contributed by atoms with Crippen molar-refractivity contribution in [2.24, 2.45) is 0 Å². The zero-order valence-corrected chi connectivity index (χ0v) is 10.4. The maximum Gasteiger partial charge on any atom is 0.328 e. The fourth-order valence-corrected chi connectivity index (χ4v) is 2.00. The fourth-order valence-electron chi connectivity index (χ4n) is 2.00. The third-order valence-electron chi connectivity index (χ3n) is 2.83. The third-order valence-corrected chi connectivity index (χ3v) is 2.83. The van der Waals surface area contributed by atoms with Gasteiger partial charge in [-0.25, -0.2) is 9.78 Å². The Morgan fingerprint density at radius 1 is 1.32 bits per heavy atom. The maximum absolute atomic E-state index is 11.6. The van der Waals surface area contributed by atoms with Crippen molar-refractivity contribution < 1.29 is 14.7 Å². The molecule has 1 fully saturated rings. The van der Waals surface area contributed by atoms with Crippen molar-refractivity contribution in [2.75, 3.05) is 23.3 Å². The van der Waals surface area contributed by atoms with Crippen LogP contribution in [0.4, 0.5) is 11.5 Å². The summed E-state index contributed by atoms with van der Waals surface area (Å²) in [4.78, 5) is 28.3. The first-order valence-corrected chi connectivity index (χ1v) is 6.09. The summed E-state index contributed by atoms with van der Waals surface area (Å²) in [5.74, 6) is -0.894. The number of pyridine rings is 1. The molecular weight excluding hydrogens is 246 g/mol. The molecule has 1 aromatic heterocycles. The Balaban J connectivity index is 2.11. The largest absolute Gasteiger partial charge is 0.478 e. The van der Waals surface area contributed by atoms with E-state index in [1.54, 1.807) is 18.3 Å². The lowest BCUT2D eigenvalue weighted by atomic mass is 10.3. The molecule has 0 spiro atoms. The van der Waals surface area contributed by atoms with Crippen LogP contribution in [0.5, 0.6) is 0 Å². The predicted molar refractivity (Wildman–Crippen MR) is 71.1 cm³/mol. The lowest BCUT2D eigenvalue weighted by molar-refractivity contribution is -0.131. The number of carboxylic acid groups (broad SMARTS) is 1. The van der Waals surface area contributed by atoms with Gasteiger partial charge < -0.3 is 15.3 Å². The van der Waals surface area contributed by atoms with Crippen LogP contribution >= 0.6 is 0 Å². The lowest BCUT2D eigenvalue weighted by Crippen LogP contribution is -2.21. The van der Waals surface area contributed by atoms with Gasteiger partial charge in [0.1, 0.15) is 0 Å². The van der Waals surface area contributed by atoms with Gasteiger partial charge in [0.25, 0.3) is 0 Å². The maximum atomic E-state index is 11.6. The smallest absolute Gasteiger partial charge is 0.328 e. The van der Waals surface area contributed by atoms with Crippen molar-refractivity contribution in [3.63, 3.8) is 0 Å². The number of nitrogens with one attached hydrogen (secondary N) is 1. The molecule has 0 saturated carbocycles. The summed E-state index contributed by atoms with van der Waals surface area (Å²) in [6, 6.07) is 3.49. The Morgan fingerprint density at radius 2 is 2.05 bits per heavy atom. The first-order chi connectivity index (χ1) is 9.16. The van der Waals surface area contributed by atoms with Crippen molar-refractivity contribution in [3.05, 3.63) is 30.5 Å². The summed E-state index contributed by atoms with van der Waals surface area (Å²) in [5, 5.41) is 11.1. The van der Waals surface area contributed by atoms with E-state index in [0.717, 1.165) is 43.9 Å². The van der Waals surface area contributed by atoms with Crippen LogP contribution in [-0.4, -0.2) is 35.1 Å². The molecule has 2 heterocycles. The average molecular weight is 261 g/mol. The van der Waals surface area contributed by atoms with Crippen LogP contribution in [0.25, 0.3) is 0 Å². The quantitative estimate of drug-likeness (QED) is 0.797. The molecule has 1 aliphatic rings. The van der Waals surface area contributed by atoms with Crippen molar-refractivity contribution in [1.29, 1.82) is 0 Å². The Kier molecular flexibility index (Phi) is 4.12. The standard InChI is InChI=1S/C13H15N3O3/c17-11(5-6-12(18)19)15-10-4-3-7-14-13(10)16-8-1-2-9-16/h3-7H,1-2,8-9H2,(H,15,17)(H,18,19)/b6-5+. The van der Waals surface area contributed by atoms with Crippen LogP contribution in [0.2, 0.25) is 0 Å². The molecule has 1 aromatic rings. The van der Waals surface area contributed by atoms with Gasteiger partial charge in [-0.15, -0.1) is 0 Å². The van der Waals surface area contributed by atoms with Gasteiger partial charge in [0, 0.05) is 31.4 Å². The van der Waals surface area contributed by atoms with Crippen LogP contribution in [-0.2, 0) is 9.59 Å². The molecule has 1 saturated heterocycles. The molecule has 1 amide bonds. The summed E-state index contributed by atoms with van der Waals surface area (Å²) in [7, 11) is 0. The highest BCUT2D eigenvalue weighted by atomic mass is 16.4. The van der Waals surface area contributed by atoms with Gasteiger partial charge in [-0.3, -0.25) is 4.79 Å². The number of aliphatic carboxylic acids is 1. The van der Waals surface area contributed by atoms with E-state index < -0.39 is 11.9 Å². The molecule has 0 unspecified atom stereocenters. The Labute approximate surface area is 110 Å². The van der Waals surface area contributed by atoms with Gasteiger partial charge in [0.2, 0.25) is 5.91 Å². The van der Waals surface area contributed by atoms with E-state index in [1.165, 1.54) is 0 Å². The summed E-state index contributed by atoms with van der Waals surface area (Å²) in [6.45, 7) is 1.84. The topological polar surface area (TPSA) is 82.5 Å². The molecule has 6 heteroatoms. The first kappa shape index (κ1) is 13.1. The van der Waals surface area contributed by atoms with Gasteiger partial charge in [0.15, 0.2) is 5.82 Å². The average Bonchev–Trinajstić information content (AvgIpc) is 2.91. The molecule has 100 valence electrons. The van der Waals surface area contributed by atoms with Crippen LogP contribution in [0.3, 0.4) is 0 Å². The minimum absolute atomic E-state index is 0.476. The van der Waals surface area contributed by atoms with Crippen molar-refractivity contribution >= 4 is 23.4 Å². The third kappa shape index (κ3) is 3.54. The minimum Gasteiger partial charge on any atom is -0.478 e. The van der Waals surface area contributed by atoms with Crippen LogP contribution in [0, 0.1) is 0 Å². The Morgan fingerprint density at radius 3 is 2.74 bits per heavy atom. The normalized spacial score (nSPS) is 14.8. The van der Waals surface area contributed by atoms with E-state index >= 15 is 0 Å². The SMILES string of the molecule is O=C(O)/C=C/C(=O)Nc1cccnc1N1CCCC1. The number of rotatable bonds is 4. The van der Waals surface area contributed by atoms with Crippen LogP contribution in [0.1, 0.15) is 12.8 Å². The van der Waals surface area contributed by atoms with E-state index in [2.05, 4.69) is 15.2 Å². The van der Waals surface area contributed by atoms with E-state index in [9.17, 15) is 9.59 Å². The molecule has 2 N–H and O–H groups in total. The van der Waals surface area contributed by atoms with Gasteiger partial charge in [-0.2, -0.15) is 0 Å². The number of nitrogens with zero attached hydrogens (tertiary/aromatic N) is 2. The molecule has 0 radical (unpaired) electrons. The second kappa shape index (κ2) is 5.99. The number of carbonyl (C=O) groups is 2. The van der Waals surface area contributed by atoms with Gasteiger partial charge in [-0.1, -0.05) is 0 Å². The number of carbonyl (C=O) groups excluding carboxylic acids is 1. The number of hydrogen-bond donors (Lipinski definition) is 2. The van der Waals surface area contributed by atoms with Crippen LogP contribution in [0.15, 0.2) is 30.5 Å². The highest BCUT2D eigenvalue weighted by Crippen LogP contribution is 2.25. The minimum atomic E-state index is -1.15. The Hall–Kier alpha value is -2.37. The lowest BCUT2D eigenvalue weighted by Gasteiger charge is -2.19. The number of carboxylic acids is 1. The van der Waals surface area contributed by atoms with Crippen molar-refractivity contribution in [2.45, 2.75) is 12.8 Å². The summed E-state index contributed by atoms with van der Waals surface area (Å²) in [5.41, 5.74) is 0.601. The fraction of sp³-hybridized carbons (Fsp3) is 0.308. The van der Waals surface area contributed by atoms with Crippen LogP contribution < -0.4 is 10.2 Å². The number of hydrogen-bond acceptors (Lipinski definition) is 4. The number of anilines is 2. The molecular formula is C13H15N3O3. The molecule has 1 aliphatic heterocycles. The zero-order valence-electron chi connectivity index (χ0n) is 10.4. The van der Waals surface area contributed by atoms with Gasteiger partial charge >= 0.3 is 5.97 Å². The Bertz CT molecular complexity index is 508. The molecule has 2 rings (SSSR count). The molecule has 0 aromatic carbocycles. The second-order valence-corrected chi connectivity index (χ2v) is 4.23. The summed E-state index contributed by atoms with van der Waals surface area (Å²) < 4.78 is 0. The summed E-state index contributed by atoms with van der Waals surface area (Å²) >= 11 is 0. The zero-order chi connectivity index (χ0) is 13.7. The molecule has 0 atom stereocenters. The highest BCUT2D eigenvalue weighted by molar-refractivity contribution is 6.03. The van der Waals surface area contributed by atoms with E-state index in [1.807, 2.05) is 0 Å². The molecule has 0 aliphatic carbocycles. The van der Waals surface area contributed by atoms with Gasteiger partial charge in [-0.05, 0) is 25.0 Å². The van der Waals surface area contributed by atoms with E-state index in [-0.39, 0.29) is 0 Å². The second-order valence-electron chi connectivity index (χ2n) is 4.23. The molecule has 0 bridgehead atoms. The predicted octanol–water partition coefficient (Wildman–Crippen LogP) is 1.26. The number of aromatic nitrogens is 1. The van der Waals surface area contributed by atoms with Gasteiger partial charge in [0.05, 0.1) is 5.69 Å². The summed E-state index contributed by atoms with van der Waals surface area (Å²) in [6.07, 6.45) is 5.70. The van der Waals surface area contributed by atoms with Crippen molar-refractivity contribution in [1.82, 2.24) is 4.98 Å². The molecule has 6 nitrogen and oxygen atoms in total. The number of amides is 1. The monoisotopic (exact) mass is 261 g/mol. The van der Waals surface area contributed by atoms with Crippen molar-refractivity contribution in [3.8, 4) is 0 Å².